The van der Waals surface area contributed by atoms with E-state index in [1.54, 1.807) is 20.8 Å². The van der Waals surface area contributed by atoms with E-state index < -0.39 is 27.7 Å². The summed E-state index contributed by atoms with van der Waals surface area (Å²) in [6, 6.07) is 3.40. The lowest BCUT2D eigenvalue weighted by molar-refractivity contribution is 0.508. The summed E-state index contributed by atoms with van der Waals surface area (Å²) in [5, 5.41) is 0. The summed E-state index contributed by atoms with van der Waals surface area (Å²) in [6.45, 7) is 5.35. The van der Waals surface area contributed by atoms with Gasteiger partial charge in [-0.2, -0.15) is 0 Å². The van der Waals surface area contributed by atoms with Crippen molar-refractivity contribution in [3.63, 3.8) is 0 Å². The lowest BCUT2D eigenvalue weighted by Crippen LogP contribution is -2.25. The molecule has 1 rings (SSSR count). The van der Waals surface area contributed by atoms with Crippen LogP contribution in [0, 0.1) is 11.6 Å². The second kappa shape index (κ2) is 4.93. The molecule has 0 aliphatic rings. The minimum absolute atomic E-state index is 0.386. The van der Waals surface area contributed by atoms with E-state index in [0.717, 1.165) is 12.1 Å². The van der Waals surface area contributed by atoms with Gasteiger partial charge in [0.05, 0.1) is 6.21 Å². The minimum atomic E-state index is -1.40. The van der Waals surface area contributed by atoms with E-state index in [1.165, 1.54) is 12.3 Å². The quantitative estimate of drug-likeness (QED) is 0.583. The SMILES string of the molecule is CC(C)(C)[S@+]([O-])N=Cc1ccc(F)c(F)c1. The molecule has 0 aromatic heterocycles. The van der Waals surface area contributed by atoms with Crippen LogP contribution in [0.3, 0.4) is 0 Å². The van der Waals surface area contributed by atoms with Gasteiger partial charge in [0.15, 0.2) is 11.6 Å². The monoisotopic (exact) mass is 245 g/mol. The third kappa shape index (κ3) is 3.57. The summed E-state index contributed by atoms with van der Waals surface area (Å²) in [5.74, 6) is -1.85. The second-order valence-electron chi connectivity index (χ2n) is 4.27. The lowest BCUT2D eigenvalue weighted by Gasteiger charge is -2.17. The molecule has 0 aliphatic carbocycles. The number of rotatable bonds is 2. The van der Waals surface area contributed by atoms with E-state index in [4.69, 9.17) is 0 Å². The van der Waals surface area contributed by atoms with Crippen molar-refractivity contribution in [3.05, 3.63) is 35.4 Å². The Morgan fingerprint density at radius 2 is 1.88 bits per heavy atom. The van der Waals surface area contributed by atoms with Crippen LogP contribution in [0.15, 0.2) is 22.6 Å². The molecule has 0 bridgehead atoms. The molecule has 0 heterocycles. The van der Waals surface area contributed by atoms with Crippen LogP contribution in [0.2, 0.25) is 0 Å². The van der Waals surface area contributed by atoms with E-state index in [2.05, 4.69) is 4.40 Å². The maximum absolute atomic E-state index is 12.8. The van der Waals surface area contributed by atoms with Crippen LogP contribution in [-0.2, 0) is 11.4 Å². The lowest BCUT2D eigenvalue weighted by atomic mass is 10.2. The van der Waals surface area contributed by atoms with Gasteiger partial charge in [-0.05, 0) is 32.9 Å². The molecule has 16 heavy (non-hydrogen) atoms. The van der Waals surface area contributed by atoms with E-state index in [-0.39, 0.29) is 0 Å². The maximum atomic E-state index is 12.8. The van der Waals surface area contributed by atoms with Gasteiger partial charge >= 0.3 is 0 Å². The molecular formula is C11H13F2NOS. The summed E-state index contributed by atoms with van der Waals surface area (Å²) in [6.07, 6.45) is 1.28. The first kappa shape index (κ1) is 13.1. The molecule has 0 spiro atoms. The number of hydrogen-bond donors (Lipinski definition) is 0. The van der Waals surface area contributed by atoms with Crippen LogP contribution >= 0.6 is 0 Å². The molecule has 0 N–H and O–H groups in total. The van der Waals surface area contributed by atoms with Crippen molar-refractivity contribution < 1.29 is 13.3 Å². The van der Waals surface area contributed by atoms with E-state index in [1.807, 2.05) is 0 Å². The molecule has 88 valence electrons. The highest BCUT2D eigenvalue weighted by molar-refractivity contribution is 7.91. The van der Waals surface area contributed by atoms with Crippen LogP contribution in [-0.4, -0.2) is 15.5 Å². The number of benzene rings is 1. The van der Waals surface area contributed by atoms with Gasteiger partial charge in [0.2, 0.25) is 0 Å². The summed E-state index contributed by atoms with van der Waals surface area (Å²) in [7, 11) is 0. The fraction of sp³-hybridized carbons (Fsp3) is 0.364. The van der Waals surface area contributed by atoms with Gasteiger partial charge in [0.25, 0.3) is 0 Å². The largest absolute Gasteiger partial charge is 0.591 e. The number of hydrogen-bond acceptors (Lipinski definition) is 2. The molecule has 0 saturated carbocycles. The highest BCUT2D eigenvalue weighted by Gasteiger charge is 2.25. The fourth-order valence-corrected chi connectivity index (χ4v) is 1.39. The third-order valence-corrected chi connectivity index (χ3v) is 3.11. The average molecular weight is 245 g/mol. The second-order valence-corrected chi connectivity index (χ2v) is 6.20. The van der Waals surface area contributed by atoms with Gasteiger partial charge in [-0.15, -0.1) is 0 Å². The van der Waals surface area contributed by atoms with Crippen molar-refractivity contribution in [2.45, 2.75) is 25.5 Å². The molecule has 0 aliphatic heterocycles. The number of halogens is 2. The predicted octanol–water partition coefficient (Wildman–Crippen LogP) is 2.85. The molecule has 0 unspecified atom stereocenters. The van der Waals surface area contributed by atoms with Gasteiger partial charge < -0.3 is 4.55 Å². The Balaban J connectivity index is 2.81. The van der Waals surface area contributed by atoms with Crippen molar-refractivity contribution in [2.75, 3.05) is 0 Å². The van der Waals surface area contributed by atoms with Crippen molar-refractivity contribution in [2.24, 2.45) is 4.40 Å². The Labute approximate surface area is 96.7 Å². The zero-order chi connectivity index (χ0) is 12.3. The minimum Gasteiger partial charge on any atom is -0.591 e. The van der Waals surface area contributed by atoms with Crippen LogP contribution in [0.25, 0.3) is 0 Å². The molecule has 1 aromatic carbocycles. The average Bonchev–Trinajstić information content (AvgIpc) is 2.18. The van der Waals surface area contributed by atoms with Crippen molar-refractivity contribution in [1.29, 1.82) is 0 Å². The highest BCUT2D eigenvalue weighted by atomic mass is 32.2. The topological polar surface area (TPSA) is 35.4 Å². The van der Waals surface area contributed by atoms with Gasteiger partial charge in [-0.1, -0.05) is 10.5 Å². The summed E-state index contributed by atoms with van der Waals surface area (Å²) in [5.41, 5.74) is 0.386. The molecule has 1 aromatic rings. The van der Waals surface area contributed by atoms with E-state index in [9.17, 15) is 13.3 Å². The van der Waals surface area contributed by atoms with Crippen LogP contribution in [0.1, 0.15) is 26.3 Å². The van der Waals surface area contributed by atoms with Gasteiger partial charge in [-0.25, -0.2) is 8.78 Å². The molecule has 2 nitrogen and oxygen atoms in total. The van der Waals surface area contributed by atoms with Crippen LogP contribution in [0.5, 0.6) is 0 Å². The van der Waals surface area contributed by atoms with Crippen molar-refractivity contribution in [3.8, 4) is 0 Å². The molecule has 0 amide bonds. The first-order chi connectivity index (χ1) is 7.30. The smallest absolute Gasteiger partial charge is 0.159 e. The van der Waals surface area contributed by atoms with Crippen LogP contribution in [0.4, 0.5) is 8.78 Å². The molecule has 5 heteroatoms. The molecule has 0 saturated heterocycles. The van der Waals surface area contributed by atoms with Crippen LogP contribution < -0.4 is 0 Å². The molecule has 0 fully saturated rings. The van der Waals surface area contributed by atoms with E-state index >= 15 is 0 Å². The van der Waals surface area contributed by atoms with E-state index in [0.29, 0.717) is 5.56 Å². The first-order valence-electron chi connectivity index (χ1n) is 4.72. The molecule has 0 radical (unpaired) electrons. The fourth-order valence-electron chi connectivity index (χ4n) is 0.860. The third-order valence-electron chi connectivity index (χ3n) is 1.77. The zero-order valence-electron chi connectivity index (χ0n) is 9.33. The summed E-state index contributed by atoms with van der Waals surface area (Å²) in [4.78, 5) is 0. The summed E-state index contributed by atoms with van der Waals surface area (Å²) < 4.78 is 40.3. The zero-order valence-corrected chi connectivity index (χ0v) is 10.1. The highest BCUT2D eigenvalue weighted by Crippen LogP contribution is 2.17. The van der Waals surface area contributed by atoms with Crippen molar-refractivity contribution >= 4 is 17.6 Å². The normalized spacial score (nSPS) is 14.4. The Morgan fingerprint density at radius 3 is 2.38 bits per heavy atom. The number of nitrogens with zero attached hydrogens (tertiary/aromatic N) is 1. The van der Waals surface area contributed by atoms with Gasteiger partial charge in [0.1, 0.15) is 16.1 Å². The maximum Gasteiger partial charge on any atom is 0.159 e. The Kier molecular flexibility index (Phi) is 4.04. The van der Waals surface area contributed by atoms with Gasteiger partial charge in [0, 0.05) is 5.56 Å². The Bertz CT molecular complexity index is 401. The Hall–Kier alpha value is -0.940. The summed E-state index contributed by atoms with van der Waals surface area (Å²) >= 11 is -1.40. The molecular weight excluding hydrogens is 232 g/mol. The first-order valence-corrected chi connectivity index (χ1v) is 5.82. The van der Waals surface area contributed by atoms with Crippen molar-refractivity contribution in [1.82, 2.24) is 0 Å². The Morgan fingerprint density at radius 1 is 1.25 bits per heavy atom. The molecule has 1 atom stereocenters. The van der Waals surface area contributed by atoms with Gasteiger partial charge in [-0.3, -0.25) is 0 Å². The standard InChI is InChI=1S/C11H13F2NOS/c1-11(2,3)16(15)14-7-8-4-5-9(12)10(13)6-8/h4-7H,1-3H3/t16-/m0/s1. The predicted molar refractivity (Wildman–Crippen MR) is 61.8 cm³/mol.